The van der Waals surface area contributed by atoms with Crippen LogP contribution in [0.3, 0.4) is 0 Å². The molecular formula is C20H18FN3O5S. The largest absolute Gasteiger partial charge is 0.478 e. The van der Waals surface area contributed by atoms with Gasteiger partial charge in [-0.25, -0.2) is 22.6 Å². The second kappa shape index (κ2) is 7.98. The number of fused-ring (bicyclic) bond motifs is 1. The Labute approximate surface area is 171 Å². The summed E-state index contributed by atoms with van der Waals surface area (Å²) in [6, 6.07) is 11.2. The minimum absolute atomic E-state index is 0.00869. The molecule has 0 amide bonds. The molecule has 0 aliphatic carbocycles. The molecule has 4 rings (SSSR count). The minimum Gasteiger partial charge on any atom is -0.478 e. The number of hydrogen-bond donors (Lipinski definition) is 3. The number of carboxylic acids is 1. The number of para-hydroxylation sites is 1. The van der Waals surface area contributed by atoms with E-state index >= 15 is 0 Å². The zero-order valence-electron chi connectivity index (χ0n) is 15.6. The van der Waals surface area contributed by atoms with Crippen molar-refractivity contribution in [1.82, 2.24) is 10.3 Å². The molecule has 0 spiro atoms. The second-order valence-corrected chi connectivity index (χ2v) is 8.79. The maximum absolute atomic E-state index is 13.9. The van der Waals surface area contributed by atoms with Gasteiger partial charge >= 0.3 is 5.97 Å². The number of hydrogen-bond acceptors (Lipinski definition) is 7. The zero-order chi connectivity index (χ0) is 21.3. The third kappa shape index (κ3) is 3.84. The van der Waals surface area contributed by atoms with E-state index in [2.05, 4.69) is 15.6 Å². The number of halogens is 1. The fourth-order valence-corrected chi connectivity index (χ4v) is 4.64. The normalized spacial score (nSPS) is 17.0. The van der Waals surface area contributed by atoms with Crippen LogP contribution in [-0.4, -0.2) is 49.6 Å². The summed E-state index contributed by atoms with van der Waals surface area (Å²) in [4.78, 5) is 15.7. The summed E-state index contributed by atoms with van der Waals surface area (Å²) in [6.45, 7) is 0.783. The first-order valence-electron chi connectivity index (χ1n) is 9.11. The Bertz CT molecular complexity index is 1230. The van der Waals surface area contributed by atoms with Gasteiger partial charge in [0.15, 0.2) is 5.03 Å². The summed E-state index contributed by atoms with van der Waals surface area (Å²) < 4.78 is 45.3. The number of nitrogens with one attached hydrogen (secondary N) is 2. The fourth-order valence-electron chi connectivity index (χ4n) is 3.23. The van der Waals surface area contributed by atoms with E-state index in [1.807, 2.05) is 0 Å². The number of carbonyl (C=O) groups is 1. The molecule has 30 heavy (non-hydrogen) atoms. The molecule has 1 aromatic heterocycles. The third-order valence-electron chi connectivity index (χ3n) is 4.73. The Kier molecular flexibility index (Phi) is 5.37. The van der Waals surface area contributed by atoms with E-state index in [1.165, 1.54) is 30.3 Å². The standard InChI is InChI=1S/C20H18FN3O5S/c21-12-5-6-16-14(9-12)17(23-15-4-2-1-3-13(15)20(25)26)10-18(24-16)30(27,28)19-11-29-8-7-22-19/h1-6,9-10,19,22H,7-8,11H2,(H,23,24)(H,25,26). The van der Waals surface area contributed by atoms with Gasteiger partial charge in [-0.2, -0.15) is 0 Å². The van der Waals surface area contributed by atoms with Crippen molar-refractivity contribution in [2.45, 2.75) is 10.4 Å². The maximum Gasteiger partial charge on any atom is 0.337 e. The smallest absolute Gasteiger partial charge is 0.337 e. The fraction of sp³-hybridized carbons (Fsp3) is 0.200. The summed E-state index contributed by atoms with van der Waals surface area (Å²) in [6.07, 6.45) is 0. The van der Waals surface area contributed by atoms with E-state index in [-0.39, 0.29) is 34.1 Å². The van der Waals surface area contributed by atoms with Crippen molar-refractivity contribution in [3.8, 4) is 0 Å². The molecule has 1 unspecified atom stereocenters. The van der Waals surface area contributed by atoms with E-state index in [0.717, 1.165) is 0 Å². The molecule has 0 radical (unpaired) electrons. The molecule has 1 atom stereocenters. The third-order valence-corrected chi connectivity index (χ3v) is 6.57. The Morgan fingerprint density at radius 3 is 2.73 bits per heavy atom. The van der Waals surface area contributed by atoms with Gasteiger partial charge in [-0.1, -0.05) is 12.1 Å². The van der Waals surface area contributed by atoms with Gasteiger partial charge in [0.05, 0.1) is 35.7 Å². The van der Waals surface area contributed by atoms with Crippen LogP contribution in [0, 0.1) is 5.82 Å². The number of nitrogens with zero attached hydrogens (tertiary/aromatic N) is 1. The minimum atomic E-state index is -3.90. The summed E-state index contributed by atoms with van der Waals surface area (Å²) in [5, 5.41) is 14.4. The molecule has 1 saturated heterocycles. The van der Waals surface area contributed by atoms with Crippen molar-refractivity contribution in [3.63, 3.8) is 0 Å². The molecule has 156 valence electrons. The number of ether oxygens (including phenoxy) is 1. The summed E-state index contributed by atoms with van der Waals surface area (Å²) in [5.41, 5.74) is 0.711. The van der Waals surface area contributed by atoms with Gasteiger partial charge in [-0.05, 0) is 36.4 Å². The highest BCUT2D eigenvalue weighted by Gasteiger charge is 2.31. The lowest BCUT2D eigenvalue weighted by Crippen LogP contribution is -2.46. The Hall–Kier alpha value is -3.08. The topological polar surface area (TPSA) is 118 Å². The number of sulfone groups is 1. The SMILES string of the molecule is O=C(O)c1ccccc1Nc1cc(S(=O)(=O)C2COCCN2)nc2ccc(F)cc12. The van der Waals surface area contributed by atoms with Crippen LogP contribution in [-0.2, 0) is 14.6 Å². The molecule has 10 heteroatoms. The van der Waals surface area contributed by atoms with Gasteiger partial charge in [-0.3, -0.25) is 5.32 Å². The number of rotatable bonds is 5. The quantitative estimate of drug-likeness (QED) is 0.564. The predicted molar refractivity (Wildman–Crippen MR) is 108 cm³/mol. The number of aromatic nitrogens is 1. The maximum atomic E-state index is 13.9. The first-order chi connectivity index (χ1) is 14.4. The lowest BCUT2D eigenvalue weighted by molar-refractivity contribution is 0.0698. The number of morpholine rings is 1. The summed E-state index contributed by atoms with van der Waals surface area (Å²) in [7, 11) is -3.90. The Morgan fingerprint density at radius 2 is 2.00 bits per heavy atom. The van der Waals surface area contributed by atoms with Gasteiger partial charge in [0.2, 0.25) is 9.84 Å². The lowest BCUT2D eigenvalue weighted by Gasteiger charge is -2.24. The first kappa shape index (κ1) is 20.2. The zero-order valence-corrected chi connectivity index (χ0v) is 16.4. The van der Waals surface area contributed by atoms with E-state index in [9.17, 15) is 22.7 Å². The highest BCUT2D eigenvalue weighted by atomic mass is 32.2. The van der Waals surface area contributed by atoms with Crippen LogP contribution >= 0.6 is 0 Å². The van der Waals surface area contributed by atoms with Crippen molar-refractivity contribution < 1.29 is 27.4 Å². The van der Waals surface area contributed by atoms with E-state index in [0.29, 0.717) is 18.5 Å². The van der Waals surface area contributed by atoms with E-state index < -0.39 is 27.0 Å². The highest BCUT2D eigenvalue weighted by Crippen LogP contribution is 2.31. The van der Waals surface area contributed by atoms with Crippen LogP contribution < -0.4 is 10.6 Å². The number of pyridine rings is 1. The number of carboxylic acid groups (broad SMARTS) is 1. The van der Waals surface area contributed by atoms with Crippen molar-refractivity contribution in [3.05, 3.63) is 59.9 Å². The highest BCUT2D eigenvalue weighted by molar-refractivity contribution is 7.92. The van der Waals surface area contributed by atoms with E-state index in [4.69, 9.17) is 4.74 Å². The average Bonchev–Trinajstić information content (AvgIpc) is 2.74. The Balaban J connectivity index is 1.86. The molecule has 2 aromatic carbocycles. The van der Waals surface area contributed by atoms with Crippen molar-refractivity contribution >= 4 is 38.1 Å². The van der Waals surface area contributed by atoms with E-state index in [1.54, 1.807) is 18.2 Å². The molecule has 3 aromatic rings. The van der Waals surface area contributed by atoms with Crippen LogP contribution in [0.2, 0.25) is 0 Å². The Morgan fingerprint density at radius 1 is 1.20 bits per heavy atom. The van der Waals surface area contributed by atoms with Crippen LogP contribution in [0.15, 0.2) is 53.6 Å². The molecule has 1 aliphatic rings. The molecule has 3 N–H and O–H groups in total. The monoisotopic (exact) mass is 431 g/mol. The van der Waals surface area contributed by atoms with Crippen LogP contribution in [0.1, 0.15) is 10.4 Å². The van der Waals surface area contributed by atoms with Gasteiger partial charge in [0, 0.05) is 11.9 Å². The van der Waals surface area contributed by atoms with Gasteiger partial charge in [-0.15, -0.1) is 0 Å². The van der Waals surface area contributed by atoms with Crippen molar-refractivity contribution in [2.75, 3.05) is 25.1 Å². The average molecular weight is 431 g/mol. The molecule has 2 heterocycles. The van der Waals surface area contributed by atoms with Crippen LogP contribution in [0.5, 0.6) is 0 Å². The summed E-state index contributed by atoms with van der Waals surface area (Å²) >= 11 is 0. The van der Waals surface area contributed by atoms with Crippen molar-refractivity contribution in [2.24, 2.45) is 0 Å². The van der Waals surface area contributed by atoms with Gasteiger partial charge in [0.25, 0.3) is 0 Å². The molecule has 8 nitrogen and oxygen atoms in total. The summed E-state index contributed by atoms with van der Waals surface area (Å²) in [5.74, 6) is -1.68. The predicted octanol–water partition coefficient (Wildman–Crippen LogP) is 2.54. The number of anilines is 2. The molecule has 1 fully saturated rings. The van der Waals surface area contributed by atoms with Gasteiger partial charge in [0.1, 0.15) is 11.2 Å². The second-order valence-electron chi connectivity index (χ2n) is 6.71. The van der Waals surface area contributed by atoms with Gasteiger partial charge < -0.3 is 15.2 Å². The molecule has 1 aliphatic heterocycles. The van der Waals surface area contributed by atoms with Crippen molar-refractivity contribution in [1.29, 1.82) is 0 Å². The molecular weight excluding hydrogens is 413 g/mol. The van der Waals surface area contributed by atoms with Crippen LogP contribution in [0.4, 0.5) is 15.8 Å². The first-order valence-corrected chi connectivity index (χ1v) is 10.7. The number of benzene rings is 2. The molecule has 0 saturated carbocycles. The van der Waals surface area contributed by atoms with Crippen LogP contribution in [0.25, 0.3) is 10.9 Å². The molecule has 0 bridgehead atoms. The number of aromatic carboxylic acids is 1. The lowest BCUT2D eigenvalue weighted by atomic mass is 10.1.